The second-order valence-corrected chi connectivity index (χ2v) is 10.2. The molecule has 1 N–H and O–H groups in total. The lowest BCUT2D eigenvalue weighted by atomic mass is 10.1. The lowest BCUT2D eigenvalue weighted by Gasteiger charge is -2.26. The molecule has 0 spiro atoms. The summed E-state index contributed by atoms with van der Waals surface area (Å²) in [6.07, 6.45) is 8.65. The third-order valence-corrected chi connectivity index (χ3v) is 7.64. The van der Waals surface area contributed by atoms with E-state index in [-0.39, 0.29) is 18.1 Å². The van der Waals surface area contributed by atoms with Gasteiger partial charge in [0.25, 0.3) is 5.91 Å². The minimum atomic E-state index is -0.161. The third-order valence-electron chi connectivity index (χ3n) is 6.86. The van der Waals surface area contributed by atoms with E-state index in [1.165, 1.54) is 11.3 Å². The fourth-order valence-corrected chi connectivity index (χ4v) is 5.75. The Labute approximate surface area is 219 Å². The Kier molecular flexibility index (Phi) is 6.88. The van der Waals surface area contributed by atoms with Crippen LogP contribution in [0.1, 0.15) is 47.1 Å². The van der Waals surface area contributed by atoms with Crippen LogP contribution in [0.5, 0.6) is 5.75 Å². The highest BCUT2D eigenvalue weighted by atomic mass is 32.1. The van der Waals surface area contributed by atoms with Crippen LogP contribution in [-0.4, -0.2) is 46.3 Å². The number of hydrogen-bond acceptors (Lipinski definition) is 7. The van der Waals surface area contributed by atoms with Crippen molar-refractivity contribution in [2.45, 2.75) is 38.0 Å². The maximum atomic E-state index is 13.1. The second-order valence-electron chi connectivity index (χ2n) is 9.36. The van der Waals surface area contributed by atoms with Gasteiger partial charge in [-0.3, -0.25) is 15.1 Å². The van der Waals surface area contributed by atoms with E-state index in [0.717, 1.165) is 55.1 Å². The topological polar surface area (TPSA) is 81.5 Å². The summed E-state index contributed by atoms with van der Waals surface area (Å²) in [5.74, 6) is 0.717. The molecule has 2 aliphatic rings. The number of carbonyl (C=O) groups is 1. The molecule has 2 fully saturated rings. The van der Waals surface area contributed by atoms with E-state index >= 15 is 0 Å². The smallest absolute Gasteiger partial charge is 0.274 e. The van der Waals surface area contributed by atoms with Gasteiger partial charge in [-0.15, -0.1) is 11.3 Å². The molecule has 0 bridgehead atoms. The molecule has 1 aromatic carbocycles. The Bertz CT molecular complexity index is 1330. The van der Waals surface area contributed by atoms with Crippen LogP contribution in [-0.2, 0) is 11.3 Å². The number of ether oxygens (including phenoxy) is 2. The van der Waals surface area contributed by atoms with E-state index in [1.54, 1.807) is 12.4 Å². The monoisotopic (exact) mass is 515 g/mol. The van der Waals surface area contributed by atoms with Gasteiger partial charge in [-0.25, -0.2) is 4.98 Å². The first-order chi connectivity index (χ1) is 18.2. The van der Waals surface area contributed by atoms with Gasteiger partial charge >= 0.3 is 0 Å². The highest BCUT2D eigenvalue weighted by Gasteiger charge is 2.29. The largest absolute Gasteiger partial charge is 0.488 e. The van der Waals surface area contributed by atoms with Crippen molar-refractivity contribution in [3.05, 3.63) is 89.5 Å². The third kappa shape index (κ3) is 5.38. The van der Waals surface area contributed by atoms with Crippen molar-refractivity contribution in [1.29, 1.82) is 0 Å². The number of carbonyl (C=O) groups excluding carboxylic acids is 1. The molecule has 2 atom stereocenters. The summed E-state index contributed by atoms with van der Waals surface area (Å²) in [6.45, 7) is 3.02. The number of pyridine rings is 1. The van der Waals surface area contributed by atoms with Gasteiger partial charge in [0.05, 0.1) is 24.9 Å². The molecule has 6 rings (SSSR count). The molecule has 0 saturated carbocycles. The molecule has 1 amide bonds. The molecule has 2 aliphatic heterocycles. The van der Waals surface area contributed by atoms with E-state index < -0.39 is 0 Å². The maximum absolute atomic E-state index is 13.1. The number of anilines is 2. The number of aromatic nitrogens is 3. The predicted molar refractivity (Wildman–Crippen MR) is 143 cm³/mol. The molecular formula is C28H29N5O3S. The molecule has 5 heterocycles. The molecule has 3 aromatic heterocycles. The Morgan fingerprint density at radius 3 is 2.81 bits per heavy atom. The van der Waals surface area contributed by atoms with Gasteiger partial charge in [-0.1, -0.05) is 0 Å². The van der Waals surface area contributed by atoms with Crippen LogP contribution in [0.4, 0.5) is 10.8 Å². The van der Waals surface area contributed by atoms with Crippen LogP contribution in [0.2, 0.25) is 0 Å². The first-order valence-electron chi connectivity index (χ1n) is 12.6. The van der Waals surface area contributed by atoms with Gasteiger partial charge in [-0.05, 0) is 66.9 Å². The standard InChI is InChI=1S/C28H29N5O3S/c34-27(26-4-1-14-32(26)17-20-9-12-29-13-10-20)31-28-30-24(19-37-28)25-3-2-15-33(25)21-5-7-22(8-6-21)36-23-11-16-35-18-23/h1,4-10,12-14,19,23,25H,2-3,11,15-18H2,(H,30,31,34). The second kappa shape index (κ2) is 10.7. The Morgan fingerprint density at radius 1 is 1.14 bits per heavy atom. The highest BCUT2D eigenvalue weighted by Crippen LogP contribution is 2.38. The Hall–Kier alpha value is -3.69. The fraction of sp³-hybridized carbons (Fsp3) is 0.321. The average molecular weight is 516 g/mol. The molecule has 190 valence electrons. The van der Waals surface area contributed by atoms with Gasteiger partial charge < -0.3 is 18.9 Å². The molecule has 4 aromatic rings. The fourth-order valence-electron chi connectivity index (χ4n) is 5.00. The summed E-state index contributed by atoms with van der Waals surface area (Å²) in [4.78, 5) is 24.3. The molecule has 0 radical (unpaired) electrons. The van der Waals surface area contributed by atoms with Crippen molar-refractivity contribution in [2.75, 3.05) is 30.0 Å². The number of benzene rings is 1. The summed E-state index contributed by atoms with van der Waals surface area (Å²) in [5.41, 5.74) is 3.84. The molecule has 0 aliphatic carbocycles. The van der Waals surface area contributed by atoms with Crippen molar-refractivity contribution >= 4 is 28.1 Å². The molecule has 9 heteroatoms. The zero-order chi connectivity index (χ0) is 25.0. The SMILES string of the molecule is O=C(Nc1nc(C2CCCN2c2ccc(OC3CCOC3)cc2)cs1)c1cccn1Cc1ccncc1. The maximum Gasteiger partial charge on any atom is 0.274 e. The molecule has 8 nitrogen and oxygen atoms in total. The zero-order valence-corrected chi connectivity index (χ0v) is 21.3. The van der Waals surface area contributed by atoms with Gasteiger partial charge in [0.2, 0.25) is 0 Å². The van der Waals surface area contributed by atoms with Crippen molar-refractivity contribution in [3.63, 3.8) is 0 Å². The van der Waals surface area contributed by atoms with E-state index in [4.69, 9.17) is 14.5 Å². The lowest BCUT2D eigenvalue weighted by molar-refractivity contribution is 0.101. The number of amides is 1. The van der Waals surface area contributed by atoms with Crippen molar-refractivity contribution in [3.8, 4) is 5.75 Å². The number of rotatable bonds is 8. The lowest BCUT2D eigenvalue weighted by Crippen LogP contribution is -2.23. The van der Waals surface area contributed by atoms with Crippen molar-refractivity contribution in [2.24, 2.45) is 0 Å². The highest BCUT2D eigenvalue weighted by molar-refractivity contribution is 7.14. The Morgan fingerprint density at radius 2 is 2.00 bits per heavy atom. The van der Waals surface area contributed by atoms with E-state index in [2.05, 4.69) is 32.7 Å². The minimum absolute atomic E-state index is 0.146. The number of nitrogens with zero attached hydrogens (tertiary/aromatic N) is 4. The average Bonchev–Trinajstić information content (AvgIpc) is 3.73. The minimum Gasteiger partial charge on any atom is -0.488 e. The quantitative estimate of drug-likeness (QED) is 0.350. The van der Waals surface area contributed by atoms with Gasteiger partial charge in [-0.2, -0.15) is 0 Å². The van der Waals surface area contributed by atoms with Crippen molar-refractivity contribution < 1.29 is 14.3 Å². The van der Waals surface area contributed by atoms with Gasteiger partial charge in [0.1, 0.15) is 17.5 Å². The zero-order valence-electron chi connectivity index (χ0n) is 20.5. The van der Waals surface area contributed by atoms with E-state index in [9.17, 15) is 4.79 Å². The summed E-state index contributed by atoms with van der Waals surface area (Å²) < 4.78 is 13.4. The normalized spacial score (nSPS) is 19.3. The van der Waals surface area contributed by atoms with Crippen LogP contribution in [0.15, 0.2) is 72.5 Å². The molecule has 2 saturated heterocycles. The number of hydrogen-bond donors (Lipinski definition) is 1. The first kappa shape index (κ1) is 23.7. The van der Waals surface area contributed by atoms with Crippen molar-refractivity contribution in [1.82, 2.24) is 14.5 Å². The predicted octanol–water partition coefficient (Wildman–Crippen LogP) is 5.15. The summed E-state index contributed by atoms with van der Waals surface area (Å²) in [7, 11) is 0. The van der Waals surface area contributed by atoms with E-state index in [1.807, 2.05) is 47.2 Å². The van der Waals surface area contributed by atoms with Crippen LogP contribution in [0.3, 0.4) is 0 Å². The molecule has 37 heavy (non-hydrogen) atoms. The summed E-state index contributed by atoms with van der Waals surface area (Å²) in [6, 6.07) is 16.1. The first-order valence-corrected chi connectivity index (χ1v) is 13.5. The number of thiazole rings is 1. The molecular weight excluding hydrogens is 486 g/mol. The molecule has 2 unspecified atom stereocenters. The van der Waals surface area contributed by atoms with Crippen LogP contribution in [0, 0.1) is 0 Å². The van der Waals surface area contributed by atoms with Gasteiger partial charge in [0, 0.05) is 49.2 Å². The van der Waals surface area contributed by atoms with Crippen LogP contribution < -0.4 is 15.0 Å². The van der Waals surface area contributed by atoms with Crippen LogP contribution >= 0.6 is 11.3 Å². The van der Waals surface area contributed by atoms with Gasteiger partial charge in [0.15, 0.2) is 5.13 Å². The summed E-state index contributed by atoms with van der Waals surface area (Å²) >= 11 is 1.47. The van der Waals surface area contributed by atoms with Crippen LogP contribution in [0.25, 0.3) is 0 Å². The number of nitrogens with one attached hydrogen (secondary N) is 1. The Balaban J connectivity index is 1.11. The summed E-state index contributed by atoms with van der Waals surface area (Å²) in [5, 5.41) is 5.68. The van der Waals surface area contributed by atoms with E-state index in [0.29, 0.717) is 24.0 Å².